The van der Waals surface area contributed by atoms with Crippen molar-refractivity contribution in [2.45, 2.75) is 6.92 Å². The van der Waals surface area contributed by atoms with E-state index in [1.54, 1.807) is 14.2 Å². The van der Waals surface area contributed by atoms with Crippen molar-refractivity contribution in [2.75, 3.05) is 14.2 Å². The average molecular weight is 289 g/mol. The van der Waals surface area contributed by atoms with E-state index >= 15 is 0 Å². The number of rotatable bonds is 4. The van der Waals surface area contributed by atoms with Gasteiger partial charge in [-0.25, -0.2) is 0 Å². The Labute approximate surface area is 124 Å². The third-order valence-corrected chi connectivity index (χ3v) is 3.47. The molecule has 0 aliphatic rings. The number of allylic oxidation sites excluding steroid dienone is 1. The van der Waals surface area contributed by atoms with Crippen LogP contribution in [0.2, 0.25) is 5.02 Å². The van der Waals surface area contributed by atoms with Crippen molar-refractivity contribution in [3.8, 4) is 11.5 Å². The second-order valence-corrected chi connectivity index (χ2v) is 4.68. The number of methoxy groups -OCH3 is 2. The highest BCUT2D eigenvalue weighted by molar-refractivity contribution is 6.32. The fourth-order valence-electron chi connectivity index (χ4n) is 2.09. The minimum absolute atomic E-state index is 0.674. The minimum Gasteiger partial charge on any atom is -0.497 e. The van der Waals surface area contributed by atoms with E-state index < -0.39 is 0 Å². The molecule has 0 saturated heterocycles. The molecule has 2 aromatic carbocycles. The fourth-order valence-corrected chi connectivity index (χ4v) is 2.36. The van der Waals surface area contributed by atoms with Gasteiger partial charge >= 0.3 is 0 Å². The van der Waals surface area contributed by atoms with E-state index in [1.807, 2.05) is 49.4 Å². The van der Waals surface area contributed by atoms with Gasteiger partial charge in [0.05, 0.1) is 19.2 Å². The van der Waals surface area contributed by atoms with Crippen LogP contribution in [-0.4, -0.2) is 14.2 Å². The van der Waals surface area contributed by atoms with Gasteiger partial charge in [0, 0.05) is 5.56 Å². The van der Waals surface area contributed by atoms with E-state index in [4.69, 9.17) is 21.1 Å². The highest BCUT2D eigenvalue weighted by atomic mass is 35.5. The quantitative estimate of drug-likeness (QED) is 0.804. The van der Waals surface area contributed by atoms with Crippen molar-refractivity contribution in [3.63, 3.8) is 0 Å². The fraction of sp³-hybridized carbons (Fsp3) is 0.176. The van der Waals surface area contributed by atoms with Gasteiger partial charge < -0.3 is 9.47 Å². The second-order valence-electron chi connectivity index (χ2n) is 4.28. The molecule has 104 valence electrons. The van der Waals surface area contributed by atoms with Gasteiger partial charge in [0.1, 0.15) is 11.5 Å². The van der Waals surface area contributed by atoms with Gasteiger partial charge in [-0.05, 0) is 48.4 Å². The summed E-state index contributed by atoms with van der Waals surface area (Å²) in [5, 5.41) is 0.674. The van der Waals surface area contributed by atoms with E-state index in [0.29, 0.717) is 5.02 Å². The zero-order chi connectivity index (χ0) is 14.5. The number of benzene rings is 2. The first-order valence-corrected chi connectivity index (χ1v) is 6.72. The largest absolute Gasteiger partial charge is 0.497 e. The van der Waals surface area contributed by atoms with Crippen molar-refractivity contribution < 1.29 is 9.47 Å². The van der Waals surface area contributed by atoms with Crippen molar-refractivity contribution in [1.82, 2.24) is 0 Å². The van der Waals surface area contributed by atoms with E-state index in [1.165, 1.54) is 0 Å². The van der Waals surface area contributed by atoms with Crippen LogP contribution < -0.4 is 9.47 Å². The zero-order valence-electron chi connectivity index (χ0n) is 11.8. The lowest BCUT2D eigenvalue weighted by Crippen LogP contribution is -1.91. The molecule has 0 saturated carbocycles. The molecule has 0 radical (unpaired) electrons. The van der Waals surface area contributed by atoms with Crippen LogP contribution in [0.4, 0.5) is 0 Å². The zero-order valence-corrected chi connectivity index (χ0v) is 12.6. The van der Waals surface area contributed by atoms with Crippen molar-refractivity contribution in [3.05, 3.63) is 64.7 Å². The standard InChI is InChI=1S/C17H17ClO2/c1-4-15(12-5-7-13(19-2)8-6-12)16-10-9-14(20-3)11-17(16)18/h4-11H,1-3H3/b15-4-. The van der Waals surface area contributed by atoms with Crippen LogP contribution in [0.1, 0.15) is 18.1 Å². The predicted octanol–water partition coefficient (Wildman–Crippen LogP) is 4.81. The Bertz CT molecular complexity index is 615. The highest BCUT2D eigenvalue weighted by Crippen LogP contribution is 2.32. The first-order chi connectivity index (χ1) is 9.69. The highest BCUT2D eigenvalue weighted by Gasteiger charge is 2.09. The summed E-state index contributed by atoms with van der Waals surface area (Å²) in [4.78, 5) is 0. The lowest BCUT2D eigenvalue weighted by atomic mass is 9.97. The minimum atomic E-state index is 0.674. The summed E-state index contributed by atoms with van der Waals surface area (Å²) < 4.78 is 10.4. The van der Waals surface area contributed by atoms with Crippen molar-refractivity contribution in [1.29, 1.82) is 0 Å². The van der Waals surface area contributed by atoms with Gasteiger partial charge in [-0.2, -0.15) is 0 Å². The van der Waals surface area contributed by atoms with Crippen LogP contribution in [0.15, 0.2) is 48.5 Å². The maximum absolute atomic E-state index is 6.34. The Morgan fingerprint density at radius 1 is 0.950 bits per heavy atom. The predicted molar refractivity (Wildman–Crippen MR) is 83.8 cm³/mol. The normalized spacial score (nSPS) is 11.3. The maximum atomic E-state index is 6.34. The summed E-state index contributed by atoms with van der Waals surface area (Å²) in [5.74, 6) is 1.59. The molecular weight excluding hydrogens is 272 g/mol. The van der Waals surface area contributed by atoms with Crippen molar-refractivity contribution in [2.24, 2.45) is 0 Å². The Balaban J connectivity index is 2.42. The molecule has 2 rings (SSSR count). The second kappa shape index (κ2) is 6.49. The van der Waals surface area contributed by atoms with Gasteiger partial charge in [-0.15, -0.1) is 0 Å². The topological polar surface area (TPSA) is 18.5 Å². The van der Waals surface area contributed by atoms with Gasteiger partial charge in [0.25, 0.3) is 0 Å². The number of halogens is 1. The molecule has 20 heavy (non-hydrogen) atoms. The summed E-state index contributed by atoms with van der Waals surface area (Å²) in [5.41, 5.74) is 3.17. The summed E-state index contributed by atoms with van der Waals surface area (Å²) >= 11 is 6.34. The van der Waals surface area contributed by atoms with Gasteiger partial charge in [-0.1, -0.05) is 29.8 Å². The third kappa shape index (κ3) is 2.97. The molecule has 0 unspecified atom stereocenters. The van der Waals surface area contributed by atoms with E-state index in [0.717, 1.165) is 28.2 Å². The molecular formula is C17H17ClO2. The molecule has 3 heteroatoms. The van der Waals surface area contributed by atoms with Crippen LogP contribution in [0.5, 0.6) is 11.5 Å². The molecule has 0 N–H and O–H groups in total. The van der Waals surface area contributed by atoms with Crippen LogP contribution >= 0.6 is 11.6 Å². The summed E-state index contributed by atoms with van der Waals surface area (Å²) in [6.07, 6.45) is 2.05. The van der Waals surface area contributed by atoms with Gasteiger partial charge in [0.15, 0.2) is 0 Å². The lowest BCUT2D eigenvalue weighted by Gasteiger charge is -2.11. The SMILES string of the molecule is C/C=C(/c1ccc(OC)cc1)c1ccc(OC)cc1Cl. The molecule has 2 nitrogen and oxygen atoms in total. The molecule has 2 aromatic rings. The molecule has 0 aliphatic carbocycles. The lowest BCUT2D eigenvalue weighted by molar-refractivity contribution is 0.415. The maximum Gasteiger partial charge on any atom is 0.120 e. The Kier molecular flexibility index (Phi) is 4.70. The summed E-state index contributed by atoms with van der Waals surface area (Å²) in [6, 6.07) is 13.6. The first-order valence-electron chi connectivity index (χ1n) is 6.34. The molecule has 0 spiro atoms. The summed E-state index contributed by atoms with van der Waals surface area (Å²) in [7, 11) is 3.29. The molecule has 0 fully saturated rings. The van der Waals surface area contributed by atoms with Crippen LogP contribution in [0.3, 0.4) is 0 Å². The number of hydrogen-bond acceptors (Lipinski definition) is 2. The summed E-state index contributed by atoms with van der Waals surface area (Å²) in [6.45, 7) is 2.00. The Morgan fingerprint density at radius 2 is 1.55 bits per heavy atom. The van der Waals surface area contributed by atoms with Gasteiger partial charge in [-0.3, -0.25) is 0 Å². The molecule has 0 heterocycles. The van der Waals surface area contributed by atoms with Crippen molar-refractivity contribution >= 4 is 17.2 Å². The number of hydrogen-bond donors (Lipinski definition) is 0. The molecule has 0 bridgehead atoms. The number of ether oxygens (including phenoxy) is 2. The Morgan fingerprint density at radius 3 is 2.05 bits per heavy atom. The molecule has 0 amide bonds. The van der Waals surface area contributed by atoms with Gasteiger partial charge in [0.2, 0.25) is 0 Å². The third-order valence-electron chi connectivity index (χ3n) is 3.16. The van der Waals surface area contributed by atoms with Crippen LogP contribution in [-0.2, 0) is 0 Å². The molecule has 0 atom stereocenters. The van der Waals surface area contributed by atoms with E-state index in [-0.39, 0.29) is 0 Å². The smallest absolute Gasteiger partial charge is 0.120 e. The Hall–Kier alpha value is -1.93. The molecule has 0 aromatic heterocycles. The first kappa shape index (κ1) is 14.5. The van der Waals surface area contributed by atoms with E-state index in [9.17, 15) is 0 Å². The monoisotopic (exact) mass is 288 g/mol. The van der Waals surface area contributed by atoms with Crippen LogP contribution in [0.25, 0.3) is 5.57 Å². The molecule has 0 aliphatic heterocycles. The average Bonchev–Trinajstić information content (AvgIpc) is 2.50. The van der Waals surface area contributed by atoms with E-state index in [2.05, 4.69) is 6.08 Å². The van der Waals surface area contributed by atoms with Crippen LogP contribution in [0, 0.1) is 0 Å².